The third-order valence-corrected chi connectivity index (χ3v) is 4.53. The molecule has 1 aromatic carbocycles. The second-order valence-corrected chi connectivity index (χ2v) is 7.53. The summed E-state index contributed by atoms with van der Waals surface area (Å²) >= 11 is 0. The van der Waals surface area contributed by atoms with Gasteiger partial charge in [-0.15, -0.1) is 0 Å². The number of phenols is 2. The van der Waals surface area contributed by atoms with E-state index in [2.05, 4.69) is 0 Å². The summed E-state index contributed by atoms with van der Waals surface area (Å²) in [5, 5.41) is 29.7. The summed E-state index contributed by atoms with van der Waals surface area (Å²) in [7, 11) is 0. The smallest absolute Gasteiger partial charge is 0.309 e. The van der Waals surface area contributed by atoms with Crippen LogP contribution in [0.4, 0.5) is 0 Å². The summed E-state index contributed by atoms with van der Waals surface area (Å²) in [6, 6.07) is 5.83. The van der Waals surface area contributed by atoms with Gasteiger partial charge in [0.1, 0.15) is 23.4 Å². The van der Waals surface area contributed by atoms with Crippen molar-refractivity contribution in [1.82, 2.24) is 0 Å². The number of ether oxygens (including phenoxy) is 1. The molecule has 148 valence electrons. The average Bonchev–Trinajstić information content (AvgIpc) is 3.08. The maximum absolute atomic E-state index is 12.3. The summed E-state index contributed by atoms with van der Waals surface area (Å²) in [6.07, 6.45) is 2.43. The fourth-order valence-electron chi connectivity index (χ4n) is 2.58. The van der Waals surface area contributed by atoms with E-state index in [4.69, 9.17) is 9.15 Å². The molecular formula is C21H28O6. The molecule has 0 aliphatic carbocycles. The molecule has 0 amide bonds. The molecular weight excluding hydrogens is 348 g/mol. The molecule has 0 aliphatic heterocycles. The van der Waals surface area contributed by atoms with Crippen molar-refractivity contribution in [1.29, 1.82) is 0 Å². The minimum Gasteiger partial charge on any atom is -0.508 e. The normalized spacial score (nSPS) is 14.0. The Morgan fingerprint density at radius 1 is 1.26 bits per heavy atom. The number of hydrogen-bond donors (Lipinski definition) is 3. The van der Waals surface area contributed by atoms with Crippen LogP contribution in [0.1, 0.15) is 58.6 Å². The molecule has 1 heterocycles. The molecule has 0 aliphatic rings. The van der Waals surface area contributed by atoms with Gasteiger partial charge in [0, 0.05) is 5.56 Å². The standard InChI is InChI=1S/C21H28O6/c1-5-13(2)20(24)27-18(8-9-21(3,4)25)14-10-19(26-12-14)16-11-15(22)6-7-17(16)23/h6-7,10-13,18,22-23,25H,5,8-9H2,1-4H3. The van der Waals surface area contributed by atoms with Gasteiger partial charge in [-0.3, -0.25) is 4.79 Å². The van der Waals surface area contributed by atoms with Gasteiger partial charge in [0.15, 0.2) is 0 Å². The number of aromatic hydroxyl groups is 2. The van der Waals surface area contributed by atoms with Crippen molar-refractivity contribution in [3.63, 3.8) is 0 Å². The van der Waals surface area contributed by atoms with Gasteiger partial charge in [-0.2, -0.15) is 0 Å². The predicted molar refractivity (Wildman–Crippen MR) is 101 cm³/mol. The molecule has 2 unspecified atom stereocenters. The lowest BCUT2D eigenvalue weighted by atomic mass is 9.97. The maximum atomic E-state index is 12.3. The molecule has 0 spiro atoms. The maximum Gasteiger partial charge on any atom is 0.309 e. The number of carbonyl (C=O) groups excluding carboxylic acids is 1. The largest absolute Gasteiger partial charge is 0.508 e. The molecule has 1 aromatic heterocycles. The molecule has 6 heteroatoms. The third kappa shape index (κ3) is 5.76. The Kier molecular flexibility index (Phi) is 6.54. The van der Waals surface area contributed by atoms with Crippen LogP contribution in [0, 0.1) is 5.92 Å². The van der Waals surface area contributed by atoms with E-state index >= 15 is 0 Å². The van der Waals surface area contributed by atoms with Crippen LogP contribution < -0.4 is 0 Å². The van der Waals surface area contributed by atoms with Gasteiger partial charge in [0.05, 0.1) is 23.3 Å². The first kappa shape index (κ1) is 20.8. The second-order valence-electron chi connectivity index (χ2n) is 7.53. The second kappa shape index (κ2) is 8.48. The van der Waals surface area contributed by atoms with Crippen LogP contribution in [0.5, 0.6) is 11.5 Å². The highest BCUT2D eigenvalue weighted by molar-refractivity contribution is 5.72. The Morgan fingerprint density at radius 2 is 1.96 bits per heavy atom. The number of carbonyl (C=O) groups is 1. The van der Waals surface area contributed by atoms with E-state index < -0.39 is 11.7 Å². The first-order chi connectivity index (χ1) is 12.6. The minimum absolute atomic E-state index is 0.00234. The number of benzene rings is 1. The van der Waals surface area contributed by atoms with Crippen molar-refractivity contribution in [2.24, 2.45) is 5.92 Å². The summed E-state index contributed by atoms with van der Waals surface area (Å²) in [5.74, 6) is -0.204. The molecule has 3 N–H and O–H groups in total. The zero-order valence-electron chi connectivity index (χ0n) is 16.2. The van der Waals surface area contributed by atoms with Gasteiger partial charge in [-0.1, -0.05) is 13.8 Å². The van der Waals surface area contributed by atoms with Crippen LogP contribution in [-0.4, -0.2) is 26.9 Å². The number of hydrogen-bond acceptors (Lipinski definition) is 6. The van der Waals surface area contributed by atoms with E-state index in [0.717, 1.165) is 0 Å². The van der Waals surface area contributed by atoms with E-state index in [0.29, 0.717) is 36.1 Å². The summed E-state index contributed by atoms with van der Waals surface area (Å²) in [5.41, 5.74) is 0.0845. The number of rotatable bonds is 8. The van der Waals surface area contributed by atoms with Gasteiger partial charge in [-0.05, 0) is 57.4 Å². The van der Waals surface area contributed by atoms with Gasteiger partial charge < -0.3 is 24.5 Å². The molecule has 2 rings (SSSR count). The Bertz CT molecular complexity index is 771. The zero-order chi connectivity index (χ0) is 20.2. The van der Waals surface area contributed by atoms with Crippen molar-refractivity contribution < 1.29 is 29.3 Å². The molecule has 27 heavy (non-hydrogen) atoms. The number of aliphatic hydroxyl groups is 1. The van der Waals surface area contributed by atoms with Gasteiger partial charge in [0.2, 0.25) is 0 Å². The molecule has 0 saturated heterocycles. The van der Waals surface area contributed by atoms with Crippen LogP contribution in [0.25, 0.3) is 11.3 Å². The fraction of sp³-hybridized carbons (Fsp3) is 0.476. The van der Waals surface area contributed by atoms with Gasteiger partial charge >= 0.3 is 5.97 Å². The summed E-state index contributed by atoms with van der Waals surface area (Å²) < 4.78 is 11.2. The third-order valence-electron chi connectivity index (χ3n) is 4.53. The van der Waals surface area contributed by atoms with Crippen LogP contribution in [0.2, 0.25) is 0 Å². The monoisotopic (exact) mass is 376 g/mol. The van der Waals surface area contributed by atoms with E-state index in [-0.39, 0.29) is 23.4 Å². The molecule has 0 fully saturated rings. The highest BCUT2D eigenvalue weighted by Gasteiger charge is 2.25. The van der Waals surface area contributed by atoms with Crippen molar-refractivity contribution in [3.05, 3.63) is 36.1 Å². The Hall–Kier alpha value is -2.47. The van der Waals surface area contributed by atoms with Crippen LogP contribution >= 0.6 is 0 Å². The topological polar surface area (TPSA) is 100 Å². The molecule has 2 atom stereocenters. The van der Waals surface area contributed by atoms with Crippen molar-refractivity contribution in [2.45, 2.75) is 58.7 Å². The SMILES string of the molecule is CCC(C)C(=O)OC(CCC(C)(C)O)c1coc(-c2cc(O)ccc2O)c1. The van der Waals surface area contributed by atoms with Gasteiger partial charge in [-0.25, -0.2) is 0 Å². The highest BCUT2D eigenvalue weighted by Crippen LogP contribution is 2.36. The highest BCUT2D eigenvalue weighted by atomic mass is 16.5. The zero-order valence-corrected chi connectivity index (χ0v) is 16.2. The fourth-order valence-corrected chi connectivity index (χ4v) is 2.58. The quantitative estimate of drug-likeness (QED) is 0.462. The first-order valence-electron chi connectivity index (χ1n) is 9.14. The van der Waals surface area contributed by atoms with Crippen LogP contribution in [0.3, 0.4) is 0 Å². The van der Waals surface area contributed by atoms with Gasteiger partial charge in [0.25, 0.3) is 0 Å². The first-order valence-corrected chi connectivity index (χ1v) is 9.14. The Balaban J connectivity index is 2.28. The van der Waals surface area contributed by atoms with E-state index in [1.165, 1.54) is 24.5 Å². The number of esters is 1. The molecule has 0 radical (unpaired) electrons. The molecule has 6 nitrogen and oxygen atoms in total. The minimum atomic E-state index is -0.892. The Morgan fingerprint density at radius 3 is 2.59 bits per heavy atom. The lowest BCUT2D eigenvalue weighted by Gasteiger charge is -2.23. The molecule has 0 bridgehead atoms. The summed E-state index contributed by atoms with van der Waals surface area (Å²) in [4.78, 5) is 12.3. The predicted octanol–water partition coefficient (Wildman–Crippen LogP) is 4.54. The number of phenolic OH excluding ortho intramolecular Hbond substituents is 2. The molecule has 0 saturated carbocycles. The van der Waals surface area contributed by atoms with E-state index in [9.17, 15) is 20.1 Å². The summed E-state index contributed by atoms with van der Waals surface area (Å²) in [6.45, 7) is 7.12. The van der Waals surface area contributed by atoms with E-state index in [1.54, 1.807) is 26.8 Å². The van der Waals surface area contributed by atoms with Crippen LogP contribution in [0.15, 0.2) is 34.9 Å². The van der Waals surface area contributed by atoms with Crippen molar-refractivity contribution in [2.75, 3.05) is 0 Å². The average molecular weight is 376 g/mol. The molecule has 2 aromatic rings. The van der Waals surface area contributed by atoms with Crippen molar-refractivity contribution >= 4 is 5.97 Å². The van der Waals surface area contributed by atoms with Crippen molar-refractivity contribution in [3.8, 4) is 22.8 Å². The van der Waals surface area contributed by atoms with E-state index in [1.807, 2.05) is 6.92 Å². The van der Waals surface area contributed by atoms with Crippen LogP contribution in [-0.2, 0) is 9.53 Å². The lowest BCUT2D eigenvalue weighted by Crippen LogP contribution is -2.22. The lowest BCUT2D eigenvalue weighted by molar-refractivity contribution is -0.155. The Labute approximate surface area is 159 Å². The number of furan rings is 1.